The quantitative estimate of drug-likeness (QED) is 0.914. The predicted molar refractivity (Wildman–Crippen MR) is 99.8 cm³/mol. The summed E-state index contributed by atoms with van der Waals surface area (Å²) >= 11 is 0. The zero-order valence-electron chi connectivity index (χ0n) is 15.8. The van der Waals surface area contributed by atoms with Crippen LogP contribution in [0.2, 0.25) is 0 Å². The summed E-state index contributed by atoms with van der Waals surface area (Å²) in [6.07, 6.45) is 0.914. The molecule has 6 nitrogen and oxygen atoms in total. The van der Waals surface area contributed by atoms with Gasteiger partial charge in [-0.25, -0.2) is 0 Å². The number of aryl methyl sites for hydroxylation is 1. The van der Waals surface area contributed by atoms with Gasteiger partial charge in [0.05, 0.1) is 0 Å². The molecule has 2 aliphatic heterocycles. The maximum atomic E-state index is 12.4. The van der Waals surface area contributed by atoms with Crippen LogP contribution < -0.4 is 5.32 Å². The Balaban J connectivity index is 1.46. The number of carbonyl (C=O) groups is 1. The van der Waals surface area contributed by atoms with E-state index in [0.29, 0.717) is 17.7 Å². The molecule has 1 N–H and O–H groups in total. The fourth-order valence-electron chi connectivity index (χ4n) is 4.27. The number of amides is 1. The van der Waals surface area contributed by atoms with Crippen molar-refractivity contribution in [2.45, 2.75) is 46.3 Å². The number of hydrogen-bond donors (Lipinski definition) is 1. The minimum atomic E-state index is -0.119. The lowest BCUT2D eigenvalue weighted by Gasteiger charge is -2.25. The first kappa shape index (κ1) is 17.2. The van der Waals surface area contributed by atoms with Crippen molar-refractivity contribution < 1.29 is 4.79 Å². The number of hydrogen-bond acceptors (Lipinski definition) is 4. The molecule has 4 rings (SSSR count). The summed E-state index contributed by atoms with van der Waals surface area (Å²) in [5, 5.41) is 11.4. The van der Waals surface area contributed by atoms with Gasteiger partial charge in [0.1, 0.15) is 5.82 Å². The molecule has 0 aliphatic carbocycles. The number of carbonyl (C=O) groups excluding carboxylic acids is 1. The van der Waals surface area contributed by atoms with Gasteiger partial charge in [-0.2, -0.15) is 0 Å². The minimum Gasteiger partial charge on any atom is -0.347 e. The molecule has 0 bridgehead atoms. The first-order chi connectivity index (χ1) is 12.5. The molecule has 1 amide bonds. The highest BCUT2D eigenvalue weighted by molar-refractivity contribution is 5.90. The summed E-state index contributed by atoms with van der Waals surface area (Å²) in [7, 11) is 0. The average molecular weight is 353 g/mol. The number of rotatable bonds is 4. The largest absolute Gasteiger partial charge is 0.347 e. The third-order valence-corrected chi connectivity index (χ3v) is 5.62. The zero-order valence-corrected chi connectivity index (χ0v) is 15.8. The van der Waals surface area contributed by atoms with E-state index >= 15 is 0 Å². The van der Waals surface area contributed by atoms with E-state index in [9.17, 15) is 4.79 Å². The van der Waals surface area contributed by atoms with Gasteiger partial charge in [-0.15, -0.1) is 10.2 Å². The Hall–Kier alpha value is -2.21. The number of fused-ring (bicyclic) bond motifs is 2. The fraction of sp³-hybridized carbons (Fsp3) is 0.550. The molecule has 0 radical (unpaired) electrons. The first-order valence-electron chi connectivity index (χ1n) is 9.51. The SMILES string of the molecule is Cc1ccccc1CN1C[C@H]2Cc3nnc(C(=O)NC(C)C)n3C[C@H]2C1. The monoisotopic (exact) mass is 353 g/mol. The number of aromatic nitrogens is 3. The van der Waals surface area contributed by atoms with Gasteiger partial charge in [0, 0.05) is 38.6 Å². The van der Waals surface area contributed by atoms with Gasteiger partial charge >= 0.3 is 0 Å². The summed E-state index contributed by atoms with van der Waals surface area (Å²) < 4.78 is 2.04. The molecule has 1 aromatic carbocycles. The molecule has 0 unspecified atom stereocenters. The second kappa shape index (κ2) is 6.83. The summed E-state index contributed by atoms with van der Waals surface area (Å²) in [5.74, 6) is 2.47. The predicted octanol–water partition coefficient (Wildman–Crippen LogP) is 2.03. The Morgan fingerprint density at radius 2 is 1.96 bits per heavy atom. The fourth-order valence-corrected chi connectivity index (χ4v) is 4.27. The lowest BCUT2D eigenvalue weighted by atomic mass is 9.89. The van der Waals surface area contributed by atoms with E-state index in [1.807, 2.05) is 18.4 Å². The van der Waals surface area contributed by atoms with Crippen LogP contribution in [0.1, 0.15) is 41.4 Å². The van der Waals surface area contributed by atoms with Crippen molar-refractivity contribution in [3.05, 3.63) is 47.0 Å². The van der Waals surface area contributed by atoms with Gasteiger partial charge in [-0.05, 0) is 43.7 Å². The molecule has 3 heterocycles. The van der Waals surface area contributed by atoms with E-state index in [-0.39, 0.29) is 11.9 Å². The van der Waals surface area contributed by atoms with Crippen molar-refractivity contribution >= 4 is 5.91 Å². The van der Waals surface area contributed by atoms with Crippen LogP contribution in [0.15, 0.2) is 24.3 Å². The van der Waals surface area contributed by atoms with E-state index in [1.54, 1.807) is 0 Å². The molecule has 1 saturated heterocycles. The van der Waals surface area contributed by atoms with Crippen LogP contribution in [0.4, 0.5) is 0 Å². The zero-order chi connectivity index (χ0) is 18.3. The summed E-state index contributed by atoms with van der Waals surface area (Å²) in [5.41, 5.74) is 2.76. The third-order valence-electron chi connectivity index (χ3n) is 5.62. The Morgan fingerprint density at radius 3 is 2.73 bits per heavy atom. The molecule has 6 heteroatoms. The third kappa shape index (κ3) is 3.26. The molecule has 1 fully saturated rings. The smallest absolute Gasteiger partial charge is 0.289 e. The Morgan fingerprint density at radius 1 is 1.19 bits per heavy atom. The molecule has 2 aromatic rings. The van der Waals surface area contributed by atoms with Crippen LogP contribution in [0.25, 0.3) is 0 Å². The van der Waals surface area contributed by atoms with E-state index in [1.165, 1.54) is 11.1 Å². The Kier molecular flexibility index (Phi) is 4.53. The summed E-state index contributed by atoms with van der Waals surface area (Å²) in [6.45, 7) is 10.1. The second-order valence-electron chi connectivity index (χ2n) is 8.02. The molecule has 0 spiro atoms. The van der Waals surface area contributed by atoms with Gasteiger partial charge in [-0.3, -0.25) is 9.69 Å². The number of benzene rings is 1. The maximum absolute atomic E-state index is 12.4. The molecule has 2 atom stereocenters. The molecule has 2 aliphatic rings. The molecule has 26 heavy (non-hydrogen) atoms. The normalized spacial score (nSPS) is 22.3. The van der Waals surface area contributed by atoms with Crippen LogP contribution >= 0.6 is 0 Å². The molecule has 0 saturated carbocycles. The van der Waals surface area contributed by atoms with Gasteiger partial charge in [0.15, 0.2) is 0 Å². The highest BCUT2D eigenvalue weighted by Crippen LogP contribution is 2.33. The second-order valence-corrected chi connectivity index (χ2v) is 8.02. The summed E-state index contributed by atoms with van der Waals surface area (Å²) in [4.78, 5) is 14.9. The van der Waals surface area contributed by atoms with E-state index in [0.717, 1.165) is 38.4 Å². The van der Waals surface area contributed by atoms with Crippen LogP contribution in [-0.2, 0) is 19.5 Å². The van der Waals surface area contributed by atoms with E-state index in [2.05, 4.69) is 51.6 Å². The molecular weight excluding hydrogens is 326 g/mol. The highest BCUT2D eigenvalue weighted by atomic mass is 16.2. The maximum Gasteiger partial charge on any atom is 0.289 e. The highest BCUT2D eigenvalue weighted by Gasteiger charge is 2.39. The Bertz CT molecular complexity index is 812. The average Bonchev–Trinajstić information content (AvgIpc) is 3.16. The van der Waals surface area contributed by atoms with Crippen molar-refractivity contribution in [2.24, 2.45) is 11.8 Å². The van der Waals surface area contributed by atoms with Gasteiger partial charge in [-0.1, -0.05) is 24.3 Å². The van der Waals surface area contributed by atoms with Crippen molar-refractivity contribution in [2.75, 3.05) is 13.1 Å². The van der Waals surface area contributed by atoms with Crippen LogP contribution in [-0.4, -0.2) is 44.7 Å². The van der Waals surface area contributed by atoms with Crippen LogP contribution in [0.3, 0.4) is 0 Å². The molecular formula is C20H27N5O. The minimum absolute atomic E-state index is 0.0999. The number of likely N-dealkylation sites (tertiary alicyclic amines) is 1. The molecule has 1 aromatic heterocycles. The van der Waals surface area contributed by atoms with Crippen LogP contribution in [0, 0.1) is 18.8 Å². The lowest BCUT2D eigenvalue weighted by molar-refractivity contribution is 0.0924. The standard InChI is InChI=1S/C20H27N5O/c1-13(2)21-20(26)19-23-22-18-8-16-10-24(11-17(16)12-25(18)19)9-15-7-5-4-6-14(15)3/h4-7,13,16-17H,8-12H2,1-3H3,(H,21,26)/t16-,17-/m1/s1. The van der Waals surface area contributed by atoms with Crippen molar-refractivity contribution in [3.8, 4) is 0 Å². The van der Waals surface area contributed by atoms with Crippen molar-refractivity contribution in [3.63, 3.8) is 0 Å². The van der Waals surface area contributed by atoms with Crippen molar-refractivity contribution in [1.29, 1.82) is 0 Å². The van der Waals surface area contributed by atoms with E-state index in [4.69, 9.17) is 0 Å². The lowest BCUT2D eigenvalue weighted by Crippen LogP contribution is -2.35. The molecule has 138 valence electrons. The van der Waals surface area contributed by atoms with Gasteiger partial charge < -0.3 is 9.88 Å². The number of nitrogens with one attached hydrogen (secondary N) is 1. The van der Waals surface area contributed by atoms with Gasteiger partial charge in [0.2, 0.25) is 5.82 Å². The van der Waals surface area contributed by atoms with Gasteiger partial charge in [0.25, 0.3) is 5.91 Å². The van der Waals surface area contributed by atoms with Crippen LogP contribution in [0.5, 0.6) is 0 Å². The van der Waals surface area contributed by atoms with E-state index < -0.39 is 0 Å². The van der Waals surface area contributed by atoms with Crippen molar-refractivity contribution in [1.82, 2.24) is 25.0 Å². The Labute approximate surface area is 154 Å². The number of nitrogens with zero attached hydrogens (tertiary/aromatic N) is 4. The summed E-state index contributed by atoms with van der Waals surface area (Å²) in [6, 6.07) is 8.72. The first-order valence-corrected chi connectivity index (χ1v) is 9.51. The topological polar surface area (TPSA) is 63.1 Å².